The number of rotatable bonds is 7. The molecular weight excluding hydrogens is 308 g/mol. The quantitative estimate of drug-likeness (QED) is 0.630. The van der Waals surface area contributed by atoms with Gasteiger partial charge in [0.25, 0.3) is 0 Å². The van der Waals surface area contributed by atoms with Gasteiger partial charge in [0.05, 0.1) is 6.04 Å². The second-order valence-electron chi connectivity index (χ2n) is 6.73. The standard InChI is InChI=1S/C22H26N2O/c1-4-15(3)24-21(17-10-7-6-8-11-17)22(25)19-14-23-20-16(5-2)12-9-13-18(19)20/h6-15,21,23-24H,4-5H2,1-3H3/p+1/t15-,21+/m1/s1. The second-order valence-corrected chi connectivity index (χ2v) is 6.73. The normalized spacial score (nSPS) is 13.7. The molecule has 0 aliphatic carbocycles. The molecule has 0 aliphatic rings. The number of aryl methyl sites for hydroxylation is 1. The molecule has 0 radical (unpaired) electrons. The van der Waals surface area contributed by atoms with Crippen LogP contribution in [0.25, 0.3) is 10.9 Å². The highest BCUT2D eigenvalue weighted by molar-refractivity contribution is 6.10. The number of hydrogen-bond donors (Lipinski definition) is 2. The van der Waals surface area contributed by atoms with E-state index in [0.29, 0.717) is 6.04 Å². The van der Waals surface area contributed by atoms with Crippen LogP contribution in [0.3, 0.4) is 0 Å². The van der Waals surface area contributed by atoms with Gasteiger partial charge < -0.3 is 10.3 Å². The van der Waals surface area contributed by atoms with Crippen LogP contribution in [0.5, 0.6) is 0 Å². The predicted molar refractivity (Wildman–Crippen MR) is 103 cm³/mol. The number of fused-ring (bicyclic) bond motifs is 1. The number of carbonyl (C=O) groups excluding carboxylic acids is 1. The second kappa shape index (κ2) is 7.66. The van der Waals surface area contributed by atoms with Gasteiger partial charge in [-0.1, -0.05) is 62.4 Å². The number of H-pyrrole nitrogens is 1. The Balaban J connectivity index is 2.03. The van der Waals surface area contributed by atoms with Crippen molar-refractivity contribution in [2.24, 2.45) is 0 Å². The third kappa shape index (κ3) is 3.52. The molecule has 0 fully saturated rings. The third-order valence-electron chi connectivity index (χ3n) is 5.05. The summed E-state index contributed by atoms with van der Waals surface area (Å²) in [7, 11) is 0. The molecule has 3 N–H and O–H groups in total. The van der Waals surface area contributed by atoms with Crippen molar-refractivity contribution in [2.45, 2.75) is 45.7 Å². The van der Waals surface area contributed by atoms with E-state index in [9.17, 15) is 4.79 Å². The fourth-order valence-electron chi connectivity index (χ4n) is 3.36. The Kier molecular flexibility index (Phi) is 5.34. The first kappa shape index (κ1) is 17.4. The maximum Gasteiger partial charge on any atom is 0.226 e. The highest BCUT2D eigenvalue weighted by atomic mass is 16.1. The largest absolute Gasteiger partial charge is 0.360 e. The summed E-state index contributed by atoms with van der Waals surface area (Å²) in [5.74, 6) is 0.172. The van der Waals surface area contributed by atoms with Crippen LogP contribution in [0.4, 0.5) is 0 Å². The number of aromatic nitrogens is 1. The molecule has 3 nitrogen and oxygen atoms in total. The van der Waals surface area contributed by atoms with Crippen LogP contribution in [-0.4, -0.2) is 16.8 Å². The maximum absolute atomic E-state index is 13.4. The average molecular weight is 335 g/mol. The van der Waals surface area contributed by atoms with Crippen molar-refractivity contribution in [1.82, 2.24) is 4.98 Å². The van der Waals surface area contributed by atoms with Gasteiger partial charge in [-0.3, -0.25) is 4.79 Å². The summed E-state index contributed by atoms with van der Waals surface area (Å²) in [5, 5.41) is 3.23. The van der Waals surface area contributed by atoms with Crippen LogP contribution in [0.15, 0.2) is 54.7 Å². The van der Waals surface area contributed by atoms with Crippen molar-refractivity contribution in [3.63, 3.8) is 0 Å². The molecule has 0 bridgehead atoms. The predicted octanol–water partition coefficient (Wildman–Crippen LogP) is 4.02. The summed E-state index contributed by atoms with van der Waals surface area (Å²) in [5.41, 5.74) is 4.19. The zero-order valence-electron chi connectivity index (χ0n) is 15.3. The van der Waals surface area contributed by atoms with Gasteiger partial charge in [-0.2, -0.15) is 0 Å². The molecule has 3 rings (SSSR count). The summed E-state index contributed by atoms with van der Waals surface area (Å²) in [6.45, 7) is 6.47. The topological polar surface area (TPSA) is 49.5 Å². The van der Waals surface area contributed by atoms with E-state index in [1.807, 2.05) is 48.7 Å². The first-order chi connectivity index (χ1) is 12.2. The summed E-state index contributed by atoms with van der Waals surface area (Å²) in [6, 6.07) is 16.5. The van der Waals surface area contributed by atoms with Crippen molar-refractivity contribution in [2.75, 3.05) is 0 Å². The van der Waals surface area contributed by atoms with E-state index in [1.165, 1.54) is 5.56 Å². The molecule has 25 heavy (non-hydrogen) atoms. The van der Waals surface area contributed by atoms with Crippen LogP contribution in [0.1, 0.15) is 54.7 Å². The molecule has 3 aromatic rings. The lowest BCUT2D eigenvalue weighted by molar-refractivity contribution is -0.711. The average Bonchev–Trinajstić information content (AvgIpc) is 3.10. The van der Waals surface area contributed by atoms with Crippen LogP contribution in [0.2, 0.25) is 0 Å². The molecule has 2 aromatic carbocycles. The van der Waals surface area contributed by atoms with Gasteiger partial charge in [-0.25, -0.2) is 0 Å². The highest BCUT2D eigenvalue weighted by Crippen LogP contribution is 2.25. The SMILES string of the molecule is CCc1cccc2c(C(=O)[C@@H]([NH2+][C@H](C)CC)c3ccccc3)c[nH]c12. The highest BCUT2D eigenvalue weighted by Gasteiger charge is 2.28. The molecule has 1 heterocycles. The molecule has 0 unspecified atom stereocenters. The van der Waals surface area contributed by atoms with Gasteiger partial charge in [0.15, 0.2) is 6.04 Å². The summed E-state index contributed by atoms with van der Waals surface area (Å²) in [6.07, 6.45) is 3.86. The van der Waals surface area contributed by atoms with Crippen LogP contribution < -0.4 is 5.32 Å². The Labute approximate surface area is 149 Å². The Hall–Kier alpha value is -2.39. The number of hydrogen-bond acceptors (Lipinski definition) is 1. The minimum Gasteiger partial charge on any atom is -0.360 e. The number of aromatic amines is 1. The molecule has 3 heteroatoms. The summed E-state index contributed by atoms with van der Waals surface area (Å²) in [4.78, 5) is 16.7. The van der Waals surface area contributed by atoms with Gasteiger partial charge in [0.1, 0.15) is 0 Å². The fourth-order valence-corrected chi connectivity index (χ4v) is 3.36. The monoisotopic (exact) mass is 335 g/mol. The van der Waals surface area contributed by atoms with Crippen molar-refractivity contribution < 1.29 is 10.1 Å². The van der Waals surface area contributed by atoms with Crippen LogP contribution >= 0.6 is 0 Å². The molecule has 0 amide bonds. The maximum atomic E-state index is 13.4. The Morgan fingerprint density at radius 2 is 1.84 bits per heavy atom. The molecule has 0 aliphatic heterocycles. The van der Waals surface area contributed by atoms with E-state index in [4.69, 9.17) is 0 Å². The van der Waals surface area contributed by atoms with E-state index in [1.54, 1.807) is 0 Å². The van der Waals surface area contributed by atoms with Gasteiger partial charge in [-0.15, -0.1) is 0 Å². The third-order valence-corrected chi connectivity index (χ3v) is 5.05. The zero-order valence-corrected chi connectivity index (χ0v) is 15.3. The molecule has 2 atom stereocenters. The van der Waals surface area contributed by atoms with Crippen molar-refractivity contribution in [3.05, 3.63) is 71.4 Å². The van der Waals surface area contributed by atoms with Gasteiger partial charge >= 0.3 is 0 Å². The van der Waals surface area contributed by atoms with E-state index < -0.39 is 0 Å². The van der Waals surface area contributed by atoms with Crippen molar-refractivity contribution >= 4 is 16.7 Å². The molecular formula is C22H27N2O+. The number of benzene rings is 2. The molecule has 1 aromatic heterocycles. The van der Waals surface area contributed by atoms with E-state index >= 15 is 0 Å². The number of para-hydroxylation sites is 1. The molecule has 0 spiro atoms. The number of quaternary nitrogens is 1. The van der Waals surface area contributed by atoms with Gasteiger partial charge in [0, 0.05) is 28.2 Å². The first-order valence-corrected chi connectivity index (χ1v) is 9.18. The van der Waals surface area contributed by atoms with Gasteiger partial charge in [0.2, 0.25) is 5.78 Å². The van der Waals surface area contributed by atoms with E-state index in [2.05, 4.69) is 37.1 Å². The Bertz CT molecular complexity index is 851. The summed E-state index contributed by atoms with van der Waals surface area (Å²) >= 11 is 0. The van der Waals surface area contributed by atoms with Crippen molar-refractivity contribution in [3.8, 4) is 0 Å². The fraction of sp³-hybridized carbons (Fsp3) is 0.318. The minimum absolute atomic E-state index is 0.172. The lowest BCUT2D eigenvalue weighted by atomic mass is 9.95. The van der Waals surface area contributed by atoms with Crippen LogP contribution in [-0.2, 0) is 6.42 Å². The first-order valence-electron chi connectivity index (χ1n) is 9.18. The molecule has 0 saturated heterocycles. The van der Waals surface area contributed by atoms with Crippen molar-refractivity contribution in [1.29, 1.82) is 0 Å². The Morgan fingerprint density at radius 1 is 1.08 bits per heavy atom. The van der Waals surface area contributed by atoms with E-state index in [-0.39, 0.29) is 11.8 Å². The number of carbonyl (C=O) groups is 1. The molecule has 130 valence electrons. The minimum atomic E-state index is -0.208. The summed E-state index contributed by atoms with van der Waals surface area (Å²) < 4.78 is 0. The Morgan fingerprint density at radius 3 is 2.52 bits per heavy atom. The van der Waals surface area contributed by atoms with Gasteiger partial charge in [-0.05, 0) is 25.3 Å². The lowest BCUT2D eigenvalue weighted by Gasteiger charge is -2.18. The number of Topliss-reactive ketones (excluding diaryl/α,β-unsaturated/α-hetero) is 1. The number of nitrogens with two attached hydrogens (primary N) is 1. The number of nitrogens with one attached hydrogen (secondary N) is 1. The number of ketones is 1. The van der Waals surface area contributed by atoms with E-state index in [0.717, 1.165) is 34.9 Å². The van der Waals surface area contributed by atoms with Crippen LogP contribution in [0, 0.1) is 0 Å². The smallest absolute Gasteiger partial charge is 0.226 e. The zero-order chi connectivity index (χ0) is 17.8. The lowest BCUT2D eigenvalue weighted by Crippen LogP contribution is -2.91. The molecule has 0 saturated carbocycles.